The van der Waals surface area contributed by atoms with Gasteiger partial charge in [0, 0.05) is 11.8 Å². The first-order valence-corrected chi connectivity index (χ1v) is 10.7. The molecule has 0 heterocycles. The Morgan fingerprint density at radius 3 is 1.87 bits per heavy atom. The van der Waals surface area contributed by atoms with Crippen molar-refractivity contribution < 1.29 is 0 Å². The topological polar surface area (TPSA) is 12.0 Å². The second kappa shape index (κ2) is 22.3. The zero-order valence-electron chi connectivity index (χ0n) is 15.9. The molecule has 0 radical (unpaired) electrons. The lowest BCUT2D eigenvalue weighted by atomic mass is 10.1. The summed E-state index contributed by atoms with van der Waals surface area (Å²) in [5.74, 6) is 0. The largest absolute Gasteiger partial charge is 0.264 e. The summed E-state index contributed by atoms with van der Waals surface area (Å²) in [7, 11) is 0. The van der Waals surface area contributed by atoms with Crippen molar-refractivity contribution in [1.29, 1.82) is 0 Å². The highest BCUT2D eigenvalue weighted by Crippen LogP contribution is 2.15. The standard InChI is InChI=1S/C20H41NS.ClH/c1-4-6-7-8-9-10-11-12-13-14-15-16-17-18-19-20(3)22-21-5-2;/h12-13,20-21H,4-11,14-19H2,1-3H3;1H. The molecule has 0 aromatic carbocycles. The normalized spacial score (nSPS) is 12.5. The van der Waals surface area contributed by atoms with Crippen molar-refractivity contribution in [2.24, 2.45) is 0 Å². The fraction of sp³-hybridized carbons (Fsp3) is 0.900. The zero-order chi connectivity index (χ0) is 16.3. The molecule has 0 aliphatic carbocycles. The first-order valence-electron chi connectivity index (χ1n) is 9.84. The maximum absolute atomic E-state index is 3.36. The van der Waals surface area contributed by atoms with Gasteiger partial charge < -0.3 is 0 Å². The summed E-state index contributed by atoms with van der Waals surface area (Å²) in [5.41, 5.74) is 0. The molecule has 3 heteroatoms. The molecule has 1 atom stereocenters. The highest BCUT2D eigenvalue weighted by Gasteiger charge is 2.00. The molecule has 0 saturated carbocycles. The Balaban J connectivity index is 0. The molecule has 0 aliphatic heterocycles. The van der Waals surface area contributed by atoms with Crippen molar-refractivity contribution >= 4 is 24.4 Å². The van der Waals surface area contributed by atoms with E-state index in [4.69, 9.17) is 0 Å². The predicted molar refractivity (Wildman–Crippen MR) is 113 cm³/mol. The van der Waals surface area contributed by atoms with E-state index in [0.717, 1.165) is 11.8 Å². The quantitative estimate of drug-likeness (QED) is 0.161. The third kappa shape index (κ3) is 22.3. The fourth-order valence-corrected chi connectivity index (χ4v) is 3.35. The number of rotatable bonds is 17. The van der Waals surface area contributed by atoms with Crippen LogP contribution >= 0.6 is 24.4 Å². The Bertz CT molecular complexity index is 234. The minimum Gasteiger partial charge on any atom is -0.264 e. The van der Waals surface area contributed by atoms with E-state index in [1.807, 2.05) is 11.9 Å². The Hall–Kier alpha value is 0.340. The molecule has 0 aliphatic rings. The number of allylic oxidation sites excluding steroid dienone is 2. The van der Waals surface area contributed by atoms with E-state index in [9.17, 15) is 0 Å². The Morgan fingerprint density at radius 2 is 1.30 bits per heavy atom. The molecule has 0 fully saturated rings. The average Bonchev–Trinajstić information content (AvgIpc) is 2.53. The van der Waals surface area contributed by atoms with Crippen molar-refractivity contribution in [3.05, 3.63) is 12.2 Å². The van der Waals surface area contributed by atoms with Crippen molar-refractivity contribution in [3.63, 3.8) is 0 Å². The molecule has 1 unspecified atom stereocenters. The van der Waals surface area contributed by atoms with Gasteiger partial charge in [-0.15, -0.1) is 12.4 Å². The summed E-state index contributed by atoms with van der Waals surface area (Å²) in [5, 5.41) is 0.761. The second-order valence-electron chi connectivity index (χ2n) is 6.45. The molecule has 0 spiro atoms. The summed E-state index contributed by atoms with van der Waals surface area (Å²) < 4.78 is 3.36. The van der Waals surface area contributed by atoms with Gasteiger partial charge in [-0.25, -0.2) is 0 Å². The van der Waals surface area contributed by atoms with Gasteiger partial charge in [-0.05, 0) is 32.1 Å². The molecule has 1 N–H and O–H groups in total. The number of hydrogen-bond acceptors (Lipinski definition) is 2. The van der Waals surface area contributed by atoms with Gasteiger partial charge in [0.25, 0.3) is 0 Å². The Morgan fingerprint density at radius 1 is 0.783 bits per heavy atom. The summed E-state index contributed by atoms with van der Waals surface area (Å²) in [6.45, 7) is 7.85. The van der Waals surface area contributed by atoms with Crippen molar-refractivity contribution in [1.82, 2.24) is 4.72 Å². The highest BCUT2D eigenvalue weighted by molar-refractivity contribution is 7.98. The van der Waals surface area contributed by atoms with Crippen LogP contribution in [0.5, 0.6) is 0 Å². The number of hydrogen-bond donors (Lipinski definition) is 1. The maximum atomic E-state index is 3.36. The van der Waals surface area contributed by atoms with Crippen LogP contribution in [0.4, 0.5) is 0 Å². The van der Waals surface area contributed by atoms with E-state index in [1.165, 1.54) is 83.5 Å². The molecule has 0 aromatic rings. The van der Waals surface area contributed by atoms with Gasteiger partial charge in [0.05, 0.1) is 0 Å². The van der Waals surface area contributed by atoms with E-state index in [0.29, 0.717) is 0 Å². The van der Waals surface area contributed by atoms with E-state index < -0.39 is 0 Å². The van der Waals surface area contributed by atoms with Gasteiger partial charge in [0.1, 0.15) is 0 Å². The third-order valence-electron chi connectivity index (χ3n) is 4.05. The molecule has 0 rings (SSSR count). The molecule has 0 bridgehead atoms. The van der Waals surface area contributed by atoms with Crippen LogP contribution < -0.4 is 4.72 Å². The van der Waals surface area contributed by atoms with Crippen molar-refractivity contribution in [2.45, 2.75) is 109 Å². The lowest BCUT2D eigenvalue weighted by Crippen LogP contribution is -2.08. The molecule has 23 heavy (non-hydrogen) atoms. The molecule has 0 amide bonds. The average molecular weight is 364 g/mol. The first-order chi connectivity index (χ1) is 10.8. The Kier molecular flexibility index (Phi) is 24.8. The van der Waals surface area contributed by atoms with Gasteiger partial charge >= 0.3 is 0 Å². The van der Waals surface area contributed by atoms with Crippen LogP contribution in [-0.4, -0.2) is 11.8 Å². The van der Waals surface area contributed by atoms with Crippen LogP contribution in [0.2, 0.25) is 0 Å². The molecular formula is C20H42ClNS. The fourth-order valence-electron chi connectivity index (χ4n) is 2.61. The van der Waals surface area contributed by atoms with Gasteiger partial charge in [0.2, 0.25) is 0 Å². The van der Waals surface area contributed by atoms with E-state index in [-0.39, 0.29) is 12.4 Å². The van der Waals surface area contributed by atoms with E-state index >= 15 is 0 Å². The van der Waals surface area contributed by atoms with Crippen LogP contribution in [0, 0.1) is 0 Å². The smallest absolute Gasteiger partial charge is 0.0164 e. The van der Waals surface area contributed by atoms with Crippen LogP contribution in [0.3, 0.4) is 0 Å². The van der Waals surface area contributed by atoms with E-state index in [2.05, 4.69) is 37.6 Å². The SMILES string of the molecule is CCCCCCCCC=CCCCCCCC(C)SNCC.Cl. The summed E-state index contributed by atoms with van der Waals surface area (Å²) in [6.07, 6.45) is 22.8. The minimum atomic E-state index is 0. The molecule has 140 valence electrons. The van der Waals surface area contributed by atoms with Crippen molar-refractivity contribution in [3.8, 4) is 0 Å². The second-order valence-corrected chi connectivity index (χ2v) is 7.77. The van der Waals surface area contributed by atoms with Gasteiger partial charge in [-0.1, -0.05) is 96.2 Å². The summed E-state index contributed by atoms with van der Waals surface area (Å²) in [4.78, 5) is 0. The molecular weight excluding hydrogens is 322 g/mol. The number of halogens is 1. The van der Waals surface area contributed by atoms with Crippen LogP contribution in [0.15, 0.2) is 12.2 Å². The molecule has 0 saturated heterocycles. The maximum Gasteiger partial charge on any atom is 0.0164 e. The number of nitrogens with one attached hydrogen (secondary N) is 1. The third-order valence-corrected chi connectivity index (χ3v) is 5.14. The van der Waals surface area contributed by atoms with Crippen molar-refractivity contribution in [2.75, 3.05) is 6.54 Å². The van der Waals surface area contributed by atoms with Crippen LogP contribution in [0.25, 0.3) is 0 Å². The van der Waals surface area contributed by atoms with Gasteiger partial charge in [0.15, 0.2) is 0 Å². The lowest BCUT2D eigenvalue weighted by Gasteiger charge is -2.10. The minimum absolute atomic E-state index is 0. The summed E-state index contributed by atoms with van der Waals surface area (Å²) >= 11 is 1.90. The Labute approximate surface area is 157 Å². The summed E-state index contributed by atoms with van der Waals surface area (Å²) in [6, 6.07) is 0. The monoisotopic (exact) mass is 363 g/mol. The van der Waals surface area contributed by atoms with Crippen LogP contribution in [0.1, 0.15) is 104 Å². The zero-order valence-corrected chi connectivity index (χ0v) is 17.6. The first kappa shape index (κ1) is 25.6. The predicted octanol–water partition coefficient (Wildman–Crippen LogP) is 7.70. The lowest BCUT2D eigenvalue weighted by molar-refractivity contribution is 0.608. The van der Waals surface area contributed by atoms with Gasteiger partial charge in [-0.2, -0.15) is 0 Å². The number of unbranched alkanes of at least 4 members (excludes halogenated alkanes) is 10. The van der Waals surface area contributed by atoms with Crippen LogP contribution in [-0.2, 0) is 0 Å². The van der Waals surface area contributed by atoms with Gasteiger partial charge in [-0.3, -0.25) is 4.72 Å². The molecule has 1 nitrogen and oxygen atoms in total. The highest BCUT2D eigenvalue weighted by atomic mass is 35.5. The molecule has 0 aromatic heterocycles. The van der Waals surface area contributed by atoms with E-state index in [1.54, 1.807) is 0 Å².